The number of nitrogens with one attached hydrogen (secondary N) is 2. The first kappa shape index (κ1) is 24.3. The van der Waals surface area contributed by atoms with Crippen LogP contribution in [-0.2, 0) is 16.1 Å². The van der Waals surface area contributed by atoms with E-state index < -0.39 is 12.0 Å². The van der Waals surface area contributed by atoms with E-state index in [0.717, 1.165) is 29.8 Å². The normalized spacial score (nSPS) is 15.5. The lowest BCUT2D eigenvalue weighted by molar-refractivity contribution is -0.141. The first-order valence-electron chi connectivity index (χ1n) is 9.34. The highest BCUT2D eigenvalue weighted by Crippen LogP contribution is 2.40. The molecule has 0 bridgehead atoms. The predicted molar refractivity (Wildman–Crippen MR) is 122 cm³/mol. The first-order chi connectivity index (χ1) is 13.9. The summed E-state index contributed by atoms with van der Waals surface area (Å²) in [5.74, 6) is -0.496. The third kappa shape index (κ3) is 5.79. The molecule has 6 nitrogen and oxygen atoms in total. The van der Waals surface area contributed by atoms with Crippen molar-refractivity contribution >= 4 is 53.3 Å². The zero-order valence-electron chi connectivity index (χ0n) is 16.7. The molecule has 0 spiro atoms. The van der Waals surface area contributed by atoms with E-state index in [1.54, 1.807) is 13.0 Å². The Morgan fingerprint density at radius 1 is 1.20 bits per heavy atom. The van der Waals surface area contributed by atoms with E-state index in [-0.39, 0.29) is 31.5 Å². The average molecular weight is 473 g/mol. The largest absolute Gasteiger partial charge is 0.465 e. The van der Waals surface area contributed by atoms with Gasteiger partial charge < -0.3 is 20.3 Å². The number of benzene rings is 2. The number of fused-ring (bicyclic) bond motifs is 1. The van der Waals surface area contributed by atoms with Gasteiger partial charge in [0.1, 0.15) is 6.54 Å². The van der Waals surface area contributed by atoms with Gasteiger partial charge in [-0.1, -0.05) is 41.4 Å². The van der Waals surface area contributed by atoms with Crippen LogP contribution < -0.4 is 10.6 Å². The Bertz CT molecular complexity index is 924. The standard InChI is InChI=1S/C21H23Cl2N3O3.ClH/c1-3-29-20(27)10-24-21(28)25-19-7-5-4-6-14(19)16-11-26(2)12-17-15(16)8-13(22)9-18(17)23;/h4-9,16H,3,10-12H2,1-2H3,(H2,24,25,28);1H. The van der Waals surface area contributed by atoms with Crippen LogP contribution in [0.5, 0.6) is 0 Å². The van der Waals surface area contributed by atoms with Gasteiger partial charge in [0, 0.05) is 34.7 Å². The van der Waals surface area contributed by atoms with Gasteiger partial charge in [-0.25, -0.2) is 4.79 Å². The number of para-hydroxylation sites is 1. The summed E-state index contributed by atoms with van der Waals surface area (Å²) in [6, 6.07) is 10.8. The molecule has 0 aliphatic carbocycles. The molecule has 1 aliphatic rings. The highest BCUT2D eigenvalue weighted by molar-refractivity contribution is 6.35. The third-order valence-electron chi connectivity index (χ3n) is 4.78. The van der Waals surface area contributed by atoms with Crippen molar-refractivity contribution < 1.29 is 14.3 Å². The summed E-state index contributed by atoms with van der Waals surface area (Å²) >= 11 is 12.7. The number of likely N-dealkylation sites (N-methyl/N-ethyl adjacent to an activating group) is 1. The minimum absolute atomic E-state index is 0. The Balaban J connectivity index is 0.00000320. The fourth-order valence-electron chi connectivity index (χ4n) is 3.56. The fourth-order valence-corrected chi connectivity index (χ4v) is 4.13. The molecule has 2 aromatic carbocycles. The summed E-state index contributed by atoms with van der Waals surface area (Å²) < 4.78 is 4.82. The highest BCUT2D eigenvalue weighted by atomic mass is 35.5. The van der Waals surface area contributed by atoms with E-state index in [4.69, 9.17) is 27.9 Å². The second kappa shape index (κ2) is 10.9. The van der Waals surface area contributed by atoms with Crippen LogP contribution in [0.1, 0.15) is 29.5 Å². The molecule has 0 saturated heterocycles. The summed E-state index contributed by atoms with van der Waals surface area (Å²) in [6.45, 7) is 3.28. The quantitative estimate of drug-likeness (QED) is 0.620. The molecular formula is C21H24Cl3N3O3. The molecule has 2 amide bonds. The SMILES string of the molecule is CCOC(=O)CNC(=O)Nc1ccccc1C1CN(C)Cc2c(Cl)cc(Cl)cc21.Cl. The lowest BCUT2D eigenvalue weighted by Crippen LogP contribution is -2.35. The van der Waals surface area contributed by atoms with Crippen LogP contribution in [0.25, 0.3) is 0 Å². The molecule has 2 aromatic rings. The van der Waals surface area contributed by atoms with Crippen molar-refractivity contribution in [2.45, 2.75) is 19.4 Å². The van der Waals surface area contributed by atoms with Gasteiger partial charge in [0.25, 0.3) is 0 Å². The van der Waals surface area contributed by atoms with Crippen LogP contribution >= 0.6 is 35.6 Å². The van der Waals surface area contributed by atoms with Gasteiger partial charge in [-0.05, 0) is 48.9 Å². The Morgan fingerprint density at radius 2 is 1.93 bits per heavy atom. The molecule has 1 unspecified atom stereocenters. The number of ether oxygens (including phenoxy) is 1. The molecule has 2 N–H and O–H groups in total. The molecular weight excluding hydrogens is 449 g/mol. The second-order valence-electron chi connectivity index (χ2n) is 6.90. The molecule has 0 radical (unpaired) electrons. The summed E-state index contributed by atoms with van der Waals surface area (Å²) in [4.78, 5) is 25.9. The van der Waals surface area contributed by atoms with Gasteiger partial charge in [-0.15, -0.1) is 12.4 Å². The van der Waals surface area contributed by atoms with E-state index in [1.165, 1.54) is 0 Å². The van der Waals surface area contributed by atoms with E-state index in [2.05, 4.69) is 15.5 Å². The topological polar surface area (TPSA) is 70.7 Å². The second-order valence-corrected chi connectivity index (χ2v) is 7.75. The lowest BCUT2D eigenvalue weighted by Gasteiger charge is -2.34. The maximum absolute atomic E-state index is 12.3. The van der Waals surface area contributed by atoms with Crippen molar-refractivity contribution in [3.63, 3.8) is 0 Å². The van der Waals surface area contributed by atoms with Crippen molar-refractivity contribution in [3.05, 3.63) is 63.1 Å². The van der Waals surface area contributed by atoms with Gasteiger partial charge in [0.15, 0.2) is 0 Å². The molecule has 9 heteroatoms. The number of urea groups is 1. The van der Waals surface area contributed by atoms with Crippen molar-refractivity contribution in [1.82, 2.24) is 10.2 Å². The molecule has 0 aromatic heterocycles. The Kier molecular flexibility index (Phi) is 8.79. The highest BCUT2D eigenvalue weighted by Gasteiger charge is 2.28. The molecule has 30 heavy (non-hydrogen) atoms. The number of rotatable bonds is 5. The van der Waals surface area contributed by atoms with Gasteiger partial charge in [-0.2, -0.15) is 0 Å². The number of esters is 1. The van der Waals surface area contributed by atoms with Gasteiger partial charge in [-0.3, -0.25) is 4.79 Å². The zero-order chi connectivity index (χ0) is 21.0. The lowest BCUT2D eigenvalue weighted by atomic mass is 9.84. The van der Waals surface area contributed by atoms with Crippen molar-refractivity contribution in [2.24, 2.45) is 0 Å². The molecule has 3 rings (SSSR count). The number of anilines is 1. The van der Waals surface area contributed by atoms with Crippen molar-refractivity contribution in [1.29, 1.82) is 0 Å². The summed E-state index contributed by atoms with van der Waals surface area (Å²) in [5, 5.41) is 6.58. The minimum Gasteiger partial charge on any atom is -0.465 e. The van der Waals surface area contributed by atoms with Gasteiger partial charge in [0.2, 0.25) is 0 Å². The number of hydrogen-bond donors (Lipinski definition) is 2. The van der Waals surface area contributed by atoms with E-state index in [9.17, 15) is 9.59 Å². The van der Waals surface area contributed by atoms with Crippen LogP contribution in [0.15, 0.2) is 36.4 Å². The predicted octanol–water partition coefficient (Wildman–Crippen LogP) is 4.68. The van der Waals surface area contributed by atoms with Crippen LogP contribution in [0.3, 0.4) is 0 Å². The molecule has 0 fully saturated rings. The number of amides is 2. The number of halogens is 3. The molecule has 0 saturated carbocycles. The Labute approximate surface area is 192 Å². The van der Waals surface area contributed by atoms with Crippen molar-refractivity contribution in [2.75, 3.05) is 32.1 Å². The van der Waals surface area contributed by atoms with Crippen molar-refractivity contribution in [3.8, 4) is 0 Å². The smallest absolute Gasteiger partial charge is 0.325 e. The van der Waals surface area contributed by atoms with Crippen LogP contribution in [0.2, 0.25) is 10.0 Å². The Morgan fingerprint density at radius 3 is 2.67 bits per heavy atom. The number of hydrogen-bond acceptors (Lipinski definition) is 4. The maximum atomic E-state index is 12.3. The summed E-state index contributed by atoms with van der Waals surface area (Å²) in [5.41, 5.74) is 3.71. The maximum Gasteiger partial charge on any atom is 0.325 e. The summed E-state index contributed by atoms with van der Waals surface area (Å²) in [7, 11) is 2.03. The minimum atomic E-state index is -0.483. The van der Waals surface area contributed by atoms with E-state index in [1.807, 2.05) is 37.4 Å². The fraction of sp³-hybridized carbons (Fsp3) is 0.333. The monoisotopic (exact) mass is 471 g/mol. The van der Waals surface area contributed by atoms with Gasteiger partial charge in [0.05, 0.1) is 6.61 Å². The van der Waals surface area contributed by atoms with Crippen LogP contribution in [0, 0.1) is 0 Å². The summed E-state index contributed by atoms with van der Waals surface area (Å²) in [6.07, 6.45) is 0. The first-order valence-corrected chi connectivity index (χ1v) is 10.1. The third-order valence-corrected chi connectivity index (χ3v) is 5.33. The number of nitrogens with zero attached hydrogens (tertiary/aromatic N) is 1. The number of carbonyl (C=O) groups is 2. The molecule has 1 heterocycles. The van der Waals surface area contributed by atoms with Gasteiger partial charge >= 0.3 is 12.0 Å². The zero-order valence-corrected chi connectivity index (χ0v) is 19.0. The number of carbonyl (C=O) groups excluding carboxylic acids is 2. The van der Waals surface area contributed by atoms with Crippen LogP contribution in [-0.4, -0.2) is 43.6 Å². The van der Waals surface area contributed by atoms with Crippen LogP contribution in [0.4, 0.5) is 10.5 Å². The van der Waals surface area contributed by atoms with E-state index >= 15 is 0 Å². The molecule has 162 valence electrons. The van der Waals surface area contributed by atoms with E-state index in [0.29, 0.717) is 15.7 Å². The molecule has 1 atom stereocenters. The Hall–Kier alpha value is -1.99. The molecule has 1 aliphatic heterocycles. The average Bonchev–Trinajstić information content (AvgIpc) is 2.67.